The molecular formula is C23H18N2O3. The molecule has 0 saturated carbocycles. The highest BCUT2D eigenvalue weighted by Gasteiger charge is 2.12. The first-order valence-electron chi connectivity index (χ1n) is 8.78. The molecule has 2 N–H and O–H groups in total. The van der Waals surface area contributed by atoms with Crippen LogP contribution in [0.1, 0.15) is 15.9 Å². The Balaban J connectivity index is 1.60. The van der Waals surface area contributed by atoms with Gasteiger partial charge >= 0.3 is 0 Å². The fourth-order valence-electron chi connectivity index (χ4n) is 3.22. The van der Waals surface area contributed by atoms with Crippen molar-refractivity contribution in [1.29, 1.82) is 0 Å². The molecule has 4 rings (SSSR count). The van der Waals surface area contributed by atoms with Crippen LogP contribution in [0.15, 0.2) is 77.9 Å². The van der Waals surface area contributed by atoms with Gasteiger partial charge in [0.25, 0.3) is 5.91 Å². The summed E-state index contributed by atoms with van der Waals surface area (Å²) in [6, 6.07) is 22.3. The van der Waals surface area contributed by atoms with Crippen LogP contribution in [0.5, 0.6) is 11.5 Å². The number of aromatic hydroxyl groups is 1. The lowest BCUT2D eigenvalue weighted by Crippen LogP contribution is -2.17. The van der Waals surface area contributed by atoms with Crippen LogP contribution < -0.4 is 10.2 Å². The van der Waals surface area contributed by atoms with Gasteiger partial charge in [-0.25, -0.2) is 5.43 Å². The van der Waals surface area contributed by atoms with E-state index in [-0.39, 0.29) is 11.3 Å². The monoisotopic (exact) mass is 370 g/mol. The largest absolute Gasteiger partial charge is 0.507 e. The number of hydrogen-bond donors (Lipinski definition) is 2. The van der Waals surface area contributed by atoms with Crippen molar-refractivity contribution < 1.29 is 14.6 Å². The Bertz CT molecular complexity index is 1220. The van der Waals surface area contributed by atoms with Crippen LogP contribution in [0.3, 0.4) is 0 Å². The van der Waals surface area contributed by atoms with Crippen LogP contribution in [0.2, 0.25) is 0 Å². The van der Waals surface area contributed by atoms with Crippen molar-refractivity contribution in [3.8, 4) is 11.5 Å². The van der Waals surface area contributed by atoms with Crippen LogP contribution in [0.25, 0.3) is 21.5 Å². The molecule has 28 heavy (non-hydrogen) atoms. The van der Waals surface area contributed by atoms with E-state index >= 15 is 0 Å². The minimum Gasteiger partial charge on any atom is -0.507 e. The fourth-order valence-corrected chi connectivity index (χ4v) is 3.22. The highest BCUT2D eigenvalue weighted by atomic mass is 16.5. The third-order valence-corrected chi connectivity index (χ3v) is 4.62. The molecular weight excluding hydrogens is 352 g/mol. The smallest absolute Gasteiger partial charge is 0.275 e. The second kappa shape index (κ2) is 7.40. The zero-order chi connectivity index (χ0) is 19.5. The molecule has 0 saturated heterocycles. The molecule has 0 aliphatic carbocycles. The summed E-state index contributed by atoms with van der Waals surface area (Å²) in [7, 11) is 1.63. The normalized spacial score (nSPS) is 11.2. The van der Waals surface area contributed by atoms with Crippen molar-refractivity contribution in [3.05, 3.63) is 83.9 Å². The zero-order valence-electron chi connectivity index (χ0n) is 15.2. The summed E-state index contributed by atoms with van der Waals surface area (Å²) < 4.78 is 5.39. The van der Waals surface area contributed by atoms with Crippen molar-refractivity contribution in [2.24, 2.45) is 5.10 Å². The molecule has 4 aromatic rings. The molecule has 4 aromatic carbocycles. The number of amides is 1. The first-order chi connectivity index (χ1) is 13.7. The molecule has 5 heteroatoms. The molecule has 0 atom stereocenters. The lowest BCUT2D eigenvalue weighted by atomic mass is 10.0. The Morgan fingerprint density at radius 1 is 0.964 bits per heavy atom. The van der Waals surface area contributed by atoms with E-state index in [1.807, 2.05) is 60.7 Å². The molecule has 5 nitrogen and oxygen atoms in total. The van der Waals surface area contributed by atoms with Crippen LogP contribution in [0.4, 0.5) is 0 Å². The lowest BCUT2D eigenvalue weighted by Gasteiger charge is -2.08. The molecule has 1 amide bonds. The predicted molar refractivity (Wildman–Crippen MR) is 111 cm³/mol. The minimum atomic E-state index is -0.475. The van der Waals surface area contributed by atoms with Gasteiger partial charge in [-0.1, -0.05) is 48.5 Å². The summed E-state index contributed by atoms with van der Waals surface area (Å²) in [4.78, 5) is 12.5. The number of hydrazone groups is 1. The van der Waals surface area contributed by atoms with Gasteiger partial charge in [-0.3, -0.25) is 4.79 Å². The van der Waals surface area contributed by atoms with E-state index < -0.39 is 5.91 Å². The van der Waals surface area contributed by atoms with Gasteiger partial charge in [0.05, 0.1) is 18.9 Å². The Hall–Kier alpha value is -3.86. The van der Waals surface area contributed by atoms with Crippen molar-refractivity contribution in [1.82, 2.24) is 5.43 Å². The Kier molecular flexibility index (Phi) is 4.64. The fraction of sp³-hybridized carbons (Fsp3) is 0.0435. The first kappa shape index (κ1) is 17.5. The van der Waals surface area contributed by atoms with E-state index in [1.54, 1.807) is 25.5 Å². The average Bonchev–Trinajstić information content (AvgIpc) is 2.73. The van der Waals surface area contributed by atoms with Gasteiger partial charge in [-0.15, -0.1) is 0 Å². The molecule has 0 heterocycles. The van der Waals surface area contributed by atoms with Crippen LogP contribution in [0, 0.1) is 0 Å². The summed E-state index contributed by atoms with van der Waals surface area (Å²) in [6.45, 7) is 0. The zero-order valence-corrected chi connectivity index (χ0v) is 15.2. The number of ether oxygens (including phenoxy) is 1. The van der Waals surface area contributed by atoms with Gasteiger partial charge in [0, 0.05) is 10.9 Å². The second-order valence-corrected chi connectivity index (χ2v) is 6.32. The van der Waals surface area contributed by atoms with Crippen molar-refractivity contribution in [2.75, 3.05) is 7.11 Å². The number of nitrogens with zero attached hydrogens (tertiary/aromatic N) is 1. The molecule has 0 spiro atoms. The number of benzene rings is 4. The lowest BCUT2D eigenvalue weighted by molar-refractivity contribution is 0.0952. The summed E-state index contributed by atoms with van der Waals surface area (Å²) in [5.41, 5.74) is 3.51. The first-order valence-corrected chi connectivity index (χ1v) is 8.78. The van der Waals surface area contributed by atoms with E-state index in [2.05, 4.69) is 10.5 Å². The summed E-state index contributed by atoms with van der Waals surface area (Å²) >= 11 is 0. The Labute approximate surface area is 161 Å². The number of phenolic OH excluding ortho intramolecular Hbond substituents is 1. The van der Waals surface area contributed by atoms with Gasteiger partial charge in [-0.2, -0.15) is 5.10 Å². The maximum atomic E-state index is 12.5. The SMILES string of the molecule is COc1ccc(C=NNC(=O)c2cc3ccccc3cc2O)c2ccccc12. The van der Waals surface area contributed by atoms with Gasteiger partial charge in [0.1, 0.15) is 11.5 Å². The molecule has 138 valence electrons. The molecule has 0 aromatic heterocycles. The van der Waals surface area contributed by atoms with E-state index in [0.717, 1.165) is 32.9 Å². The minimum absolute atomic E-state index is 0.0821. The number of methoxy groups -OCH3 is 1. The Morgan fingerprint density at radius 3 is 2.39 bits per heavy atom. The molecule has 0 bridgehead atoms. The van der Waals surface area contributed by atoms with E-state index in [9.17, 15) is 9.90 Å². The predicted octanol–water partition coefficient (Wildman–Crippen LogP) is 4.47. The molecule has 0 unspecified atom stereocenters. The maximum Gasteiger partial charge on any atom is 0.275 e. The highest BCUT2D eigenvalue weighted by Crippen LogP contribution is 2.27. The van der Waals surface area contributed by atoms with Crippen molar-refractivity contribution in [3.63, 3.8) is 0 Å². The van der Waals surface area contributed by atoms with E-state index in [0.29, 0.717) is 0 Å². The number of fused-ring (bicyclic) bond motifs is 2. The van der Waals surface area contributed by atoms with E-state index in [4.69, 9.17) is 4.74 Å². The number of phenols is 1. The third kappa shape index (κ3) is 3.25. The molecule has 0 radical (unpaired) electrons. The van der Waals surface area contributed by atoms with Gasteiger partial charge < -0.3 is 9.84 Å². The van der Waals surface area contributed by atoms with Gasteiger partial charge in [-0.05, 0) is 40.4 Å². The molecule has 0 fully saturated rings. The quantitative estimate of drug-likeness (QED) is 0.411. The highest BCUT2D eigenvalue weighted by molar-refractivity contribution is 6.04. The third-order valence-electron chi connectivity index (χ3n) is 4.62. The summed E-state index contributed by atoms with van der Waals surface area (Å²) in [5, 5.41) is 17.9. The van der Waals surface area contributed by atoms with Gasteiger partial charge in [0.2, 0.25) is 0 Å². The topological polar surface area (TPSA) is 70.9 Å². The average molecular weight is 370 g/mol. The van der Waals surface area contributed by atoms with Crippen LogP contribution in [-0.4, -0.2) is 24.3 Å². The summed E-state index contributed by atoms with van der Waals surface area (Å²) in [6.07, 6.45) is 1.58. The van der Waals surface area contributed by atoms with Crippen LogP contribution >= 0.6 is 0 Å². The van der Waals surface area contributed by atoms with Gasteiger partial charge in [0.15, 0.2) is 0 Å². The number of nitrogens with one attached hydrogen (secondary N) is 1. The van der Waals surface area contributed by atoms with E-state index in [1.165, 1.54) is 0 Å². The van der Waals surface area contributed by atoms with Crippen LogP contribution in [-0.2, 0) is 0 Å². The molecule has 0 aliphatic heterocycles. The number of carbonyl (C=O) groups excluding carboxylic acids is 1. The second-order valence-electron chi connectivity index (χ2n) is 6.32. The van der Waals surface area contributed by atoms with Crippen molar-refractivity contribution in [2.45, 2.75) is 0 Å². The van der Waals surface area contributed by atoms with Crippen molar-refractivity contribution >= 4 is 33.7 Å². The number of carbonyl (C=O) groups is 1. The maximum absolute atomic E-state index is 12.5. The standard InChI is InChI=1S/C23H18N2O3/c1-28-22-11-10-17(18-8-4-5-9-19(18)22)14-24-25-23(27)20-12-15-6-2-3-7-16(15)13-21(20)26/h2-14,26H,1H3,(H,25,27). The molecule has 0 aliphatic rings. The number of hydrogen-bond acceptors (Lipinski definition) is 4. The Morgan fingerprint density at radius 2 is 1.64 bits per heavy atom. The number of rotatable bonds is 4. The summed E-state index contributed by atoms with van der Waals surface area (Å²) in [5.74, 6) is 0.219.